The third-order valence-corrected chi connectivity index (χ3v) is 10.1. The molecule has 0 saturated heterocycles. The van der Waals surface area contributed by atoms with E-state index >= 15 is 0 Å². The second kappa shape index (κ2) is 7.60. The first kappa shape index (κ1) is 20.7. The Morgan fingerprint density at radius 2 is 1.93 bits per heavy atom. The highest BCUT2D eigenvalue weighted by Crippen LogP contribution is 2.68. The zero-order chi connectivity index (χ0) is 20.1. The summed E-state index contributed by atoms with van der Waals surface area (Å²) in [5, 5.41) is 11.1. The lowest BCUT2D eigenvalue weighted by atomic mass is 9.44. The Balaban J connectivity index is 1.66. The van der Waals surface area contributed by atoms with E-state index in [4.69, 9.17) is 4.74 Å². The van der Waals surface area contributed by atoms with Crippen molar-refractivity contribution < 1.29 is 14.6 Å². The molecule has 0 amide bonds. The van der Waals surface area contributed by atoms with Crippen LogP contribution in [-0.4, -0.2) is 24.3 Å². The van der Waals surface area contributed by atoms with Gasteiger partial charge < -0.3 is 9.84 Å². The molecule has 28 heavy (non-hydrogen) atoms. The van der Waals surface area contributed by atoms with Crippen LogP contribution in [0.2, 0.25) is 0 Å². The topological polar surface area (TPSA) is 46.5 Å². The first-order valence-corrected chi connectivity index (χ1v) is 12.2. The Morgan fingerprint density at radius 1 is 1.14 bits per heavy atom. The number of carbonyl (C=O) groups excluding carboxylic acids is 1. The van der Waals surface area contributed by atoms with E-state index in [2.05, 4.69) is 20.8 Å². The average Bonchev–Trinajstić information content (AvgIpc) is 2.97. The molecular weight excluding hydrogens is 348 g/mol. The van der Waals surface area contributed by atoms with Gasteiger partial charge in [-0.25, -0.2) is 0 Å². The number of fused-ring (bicyclic) bond motifs is 5. The Labute approximate surface area is 172 Å². The number of hydrogen-bond acceptors (Lipinski definition) is 3. The highest BCUT2D eigenvalue weighted by atomic mass is 16.5. The monoisotopic (exact) mass is 390 g/mol. The fraction of sp³-hybridized carbons (Fsp3) is 0.960. The maximum absolute atomic E-state index is 13.2. The second-order valence-electron chi connectivity index (χ2n) is 11.1. The highest BCUT2D eigenvalue weighted by Gasteiger charge is 2.65. The summed E-state index contributed by atoms with van der Waals surface area (Å²) in [5.41, 5.74) is 0.0172. The predicted octanol–water partition coefficient (Wildman–Crippen LogP) is 5.60. The molecule has 3 nitrogen and oxygen atoms in total. The molecule has 1 N–H and O–H groups in total. The quantitative estimate of drug-likeness (QED) is 0.636. The Morgan fingerprint density at radius 3 is 2.64 bits per heavy atom. The minimum absolute atomic E-state index is 0.0879. The average molecular weight is 391 g/mol. The van der Waals surface area contributed by atoms with E-state index in [1.54, 1.807) is 7.11 Å². The van der Waals surface area contributed by atoms with Gasteiger partial charge in [-0.15, -0.1) is 0 Å². The zero-order valence-electron chi connectivity index (χ0n) is 18.6. The molecule has 3 heteroatoms. The van der Waals surface area contributed by atoms with Crippen molar-refractivity contribution in [1.82, 2.24) is 0 Å². The minimum Gasteiger partial charge on any atom is -0.469 e. The SMILES string of the molecule is CCC[C@@H](C)[C@H]1C(O)C[C@H]2[C@@H]3CCC4CCCC[C@]4(C(=O)OC)[C@H]3CC[C@]12C. The van der Waals surface area contributed by atoms with E-state index in [-0.39, 0.29) is 22.9 Å². The Bertz CT molecular complexity index is 588. The molecule has 4 fully saturated rings. The number of aliphatic hydroxyl groups excluding tert-OH is 1. The van der Waals surface area contributed by atoms with Crippen LogP contribution in [0.4, 0.5) is 0 Å². The van der Waals surface area contributed by atoms with Crippen molar-refractivity contribution in [1.29, 1.82) is 0 Å². The van der Waals surface area contributed by atoms with E-state index in [1.807, 2.05) is 0 Å². The summed E-state index contributed by atoms with van der Waals surface area (Å²) in [5.74, 6) is 3.29. The van der Waals surface area contributed by atoms with Crippen LogP contribution in [0.25, 0.3) is 0 Å². The van der Waals surface area contributed by atoms with Gasteiger partial charge in [0.05, 0.1) is 18.6 Å². The van der Waals surface area contributed by atoms with Crippen molar-refractivity contribution >= 4 is 5.97 Å². The molecule has 0 radical (unpaired) electrons. The molecule has 0 aliphatic heterocycles. The molecule has 0 bridgehead atoms. The molecule has 4 aliphatic rings. The number of rotatable bonds is 4. The van der Waals surface area contributed by atoms with Gasteiger partial charge >= 0.3 is 5.97 Å². The van der Waals surface area contributed by atoms with E-state index in [0.29, 0.717) is 35.5 Å². The molecule has 0 spiro atoms. The van der Waals surface area contributed by atoms with Crippen LogP contribution >= 0.6 is 0 Å². The van der Waals surface area contributed by atoms with Gasteiger partial charge in [0, 0.05) is 0 Å². The van der Waals surface area contributed by atoms with E-state index in [9.17, 15) is 9.90 Å². The van der Waals surface area contributed by atoms with Gasteiger partial charge in [0.25, 0.3) is 0 Å². The lowest BCUT2D eigenvalue weighted by Crippen LogP contribution is -2.57. The summed E-state index contributed by atoms with van der Waals surface area (Å²) in [7, 11) is 1.60. The van der Waals surface area contributed by atoms with Gasteiger partial charge in [0.2, 0.25) is 0 Å². The number of methoxy groups -OCH3 is 1. The van der Waals surface area contributed by atoms with Crippen LogP contribution < -0.4 is 0 Å². The smallest absolute Gasteiger partial charge is 0.312 e. The number of aliphatic hydroxyl groups is 1. The Kier molecular flexibility index (Phi) is 5.61. The van der Waals surface area contributed by atoms with E-state index in [0.717, 1.165) is 19.3 Å². The molecule has 0 aromatic carbocycles. The maximum Gasteiger partial charge on any atom is 0.312 e. The number of hydrogen-bond donors (Lipinski definition) is 1. The molecule has 9 atom stereocenters. The maximum atomic E-state index is 13.2. The number of carbonyl (C=O) groups is 1. The summed E-state index contributed by atoms with van der Waals surface area (Å²) < 4.78 is 5.46. The van der Waals surface area contributed by atoms with Crippen molar-refractivity contribution in [3.8, 4) is 0 Å². The summed E-state index contributed by atoms with van der Waals surface area (Å²) in [4.78, 5) is 13.2. The second-order valence-corrected chi connectivity index (χ2v) is 11.1. The third kappa shape index (κ3) is 2.81. The van der Waals surface area contributed by atoms with E-state index < -0.39 is 0 Å². The standard InChI is InChI=1S/C25H42O3/c1-5-8-16(2)22-21(26)15-20-18-11-10-17-9-6-7-13-25(17,23(27)28-4)19(18)12-14-24(20,22)3/h16-22,26H,5-15H2,1-4H3/t16-,17?,18-,19+,20+,21?,22+,24+,25-/m1/s1. The van der Waals surface area contributed by atoms with Crippen molar-refractivity contribution in [3.05, 3.63) is 0 Å². The highest BCUT2D eigenvalue weighted by molar-refractivity contribution is 5.78. The molecule has 4 rings (SSSR count). The molecule has 0 heterocycles. The van der Waals surface area contributed by atoms with Gasteiger partial charge in [-0.1, -0.05) is 46.5 Å². The summed E-state index contributed by atoms with van der Waals surface area (Å²) >= 11 is 0. The van der Waals surface area contributed by atoms with Gasteiger partial charge in [-0.2, -0.15) is 0 Å². The third-order valence-electron chi connectivity index (χ3n) is 10.1. The van der Waals surface area contributed by atoms with Gasteiger partial charge in [-0.3, -0.25) is 4.79 Å². The number of ether oxygens (including phenoxy) is 1. The van der Waals surface area contributed by atoms with Crippen molar-refractivity contribution in [3.63, 3.8) is 0 Å². The number of esters is 1. The van der Waals surface area contributed by atoms with Crippen LogP contribution in [0.1, 0.15) is 91.4 Å². The molecule has 4 saturated carbocycles. The summed E-state index contributed by atoms with van der Waals surface area (Å²) in [6.07, 6.45) is 12.7. The van der Waals surface area contributed by atoms with Crippen LogP contribution in [0.15, 0.2) is 0 Å². The lowest BCUT2D eigenvalue weighted by molar-refractivity contribution is -0.183. The molecule has 0 aromatic rings. The molecule has 0 aromatic heterocycles. The van der Waals surface area contributed by atoms with Gasteiger partial charge in [0.15, 0.2) is 0 Å². The fourth-order valence-electron chi connectivity index (χ4n) is 9.21. The van der Waals surface area contributed by atoms with Crippen molar-refractivity contribution in [2.45, 2.75) is 97.5 Å². The Hall–Kier alpha value is -0.570. The zero-order valence-corrected chi connectivity index (χ0v) is 18.6. The lowest BCUT2D eigenvalue weighted by Gasteiger charge is -2.60. The largest absolute Gasteiger partial charge is 0.469 e. The minimum atomic E-state index is -0.227. The fourth-order valence-corrected chi connectivity index (χ4v) is 9.21. The molecule has 2 unspecified atom stereocenters. The van der Waals surface area contributed by atoms with Gasteiger partial charge in [0.1, 0.15) is 0 Å². The summed E-state index contributed by atoms with van der Waals surface area (Å²) in [6, 6.07) is 0. The van der Waals surface area contributed by atoms with Crippen molar-refractivity contribution in [2.75, 3.05) is 7.11 Å². The van der Waals surface area contributed by atoms with Crippen molar-refractivity contribution in [2.24, 2.45) is 46.3 Å². The first-order chi connectivity index (χ1) is 13.4. The van der Waals surface area contributed by atoms with Crippen LogP contribution in [0, 0.1) is 46.3 Å². The van der Waals surface area contributed by atoms with Gasteiger partial charge in [-0.05, 0) is 85.9 Å². The normalized spacial score (nSPS) is 48.9. The molecular formula is C25H42O3. The predicted molar refractivity (Wildman–Crippen MR) is 112 cm³/mol. The van der Waals surface area contributed by atoms with Crippen LogP contribution in [0.3, 0.4) is 0 Å². The van der Waals surface area contributed by atoms with Crippen LogP contribution in [-0.2, 0) is 9.53 Å². The van der Waals surface area contributed by atoms with Crippen LogP contribution in [0.5, 0.6) is 0 Å². The first-order valence-electron chi connectivity index (χ1n) is 12.2. The molecule has 4 aliphatic carbocycles. The van der Waals surface area contributed by atoms with E-state index in [1.165, 1.54) is 51.4 Å². The summed E-state index contributed by atoms with van der Waals surface area (Å²) in [6.45, 7) is 7.11. The molecule has 160 valence electrons.